The second-order valence-corrected chi connectivity index (χ2v) is 1.70. The molecule has 0 aromatic rings. The Balaban J connectivity index is 3.11. The highest BCUT2D eigenvalue weighted by Gasteiger charge is 1.90. The Labute approximate surface area is 48.7 Å². The third kappa shape index (κ3) is 3.81. The standard InChI is InChI=1S/CH6N4O2S/c2-4-1-7-8(6)5-3/h2,5H,1,3H2. The predicted molar refractivity (Wildman–Crippen MR) is 26.6 cm³/mol. The molecule has 0 aliphatic carbocycles. The van der Waals surface area contributed by atoms with Crippen LogP contribution in [-0.2, 0) is 15.4 Å². The van der Waals surface area contributed by atoms with Crippen LogP contribution >= 0.6 is 0 Å². The molecule has 4 N–H and O–H groups in total. The van der Waals surface area contributed by atoms with Gasteiger partial charge in [0.2, 0.25) is 11.3 Å². The molecule has 0 spiro atoms. The smallest absolute Gasteiger partial charge is 0.250 e. The van der Waals surface area contributed by atoms with Gasteiger partial charge in [0.05, 0.1) is 0 Å². The number of hydrogen-bond acceptors (Lipinski definition) is 5. The Hall–Kier alpha value is -0.370. The molecule has 0 heterocycles. The van der Waals surface area contributed by atoms with Gasteiger partial charge in [-0.05, 0) is 0 Å². The van der Waals surface area contributed by atoms with Crippen molar-refractivity contribution >= 4 is 11.3 Å². The molecule has 0 saturated heterocycles. The Morgan fingerprint density at radius 1 is 2.00 bits per heavy atom. The van der Waals surface area contributed by atoms with Crippen LogP contribution in [0.15, 0.2) is 5.11 Å². The lowest BCUT2D eigenvalue weighted by Crippen LogP contribution is -2.26. The fourth-order valence-electron chi connectivity index (χ4n) is 0.108. The first-order valence-electron chi connectivity index (χ1n) is 1.65. The van der Waals surface area contributed by atoms with E-state index in [9.17, 15) is 4.21 Å². The SMILES string of the molecule is N=NCOS(=O)NN. The van der Waals surface area contributed by atoms with E-state index < -0.39 is 11.3 Å². The zero-order valence-electron chi connectivity index (χ0n) is 3.96. The van der Waals surface area contributed by atoms with E-state index in [1.807, 2.05) is 0 Å². The molecule has 0 aliphatic heterocycles. The number of hydrazine groups is 1. The molecule has 0 rings (SSSR count). The molecule has 0 aromatic heterocycles. The number of rotatable bonds is 4. The lowest BCUT2D eigenvalue weighted by atomic mass is 11.4. The summed E-state index contributed by atoms with van der Waals surface area (Å²) in [5.41, 5.74) is 6.17. The molecule has 1 atom stereocenters. The summed E-state index contributed by atoms with van der Waals surface area (Å²) in [5.74, 6) is 4.63. The third-order valence-corrected chi connectivity index (χ3v) is 0.832. The molecule has 6 nitrogen and oxygen atoms in total. The first-order chi connectivity index (χ1) is 3.81. The summed E-state index contributed by atoms with van der Waals surface area (Å²) >= 11 is -1.71. The maximum atomic E-state index is 10.1. The van der Waals surface area contributed by atoms with E-state index in [-0.39, 0.29) is 6.73 Å². The highest BCUT2D eigenvalue weighted by atomic mass is 32.2. The molecular formula is CH6N4O2S. The Kier molecular flexibility index (Phi) is 4.56. The van der Waals surface area contributed by atoms with Gasteiger partial charge in [0.1, 0.15) is 0 Å². The quantitative estimate of drug-likeness (QED) is 0.265. The molecule has 0 aliphatic rings. The van der Waals surface area contributed by atoms with Gasteiger partial charge in [-0.2, -0.15) is 9.95 Å². The highest BCUT2D eigenvalue weighted by molar-refractivity contribution is 7.78. The summed E-state index contributed by atoms with van der Waals surface area (Å²) in [6.07, 6.45) is 0. The van der Waals surface area contributed by atoms with Gasteiger partial charge in [0.15, 0.2) is 6.73 Å². The van der Waals surface area contributed by atoms with Gasteiger partial charge < -0.3 is 0 Å². The molecule has 0 radical (unpaired) electrons. The fraction of sp³-hybridized carbons (Fsp3) is 1.00. The second kappa shape index (κ2) is 4.78. The van der Waals surface area contributed by atoms with E-state index in [1.54, 1.807) is 4.83 Å². The molecule has 1 unspecified atom stereocenters. The summed E-state index contributed by atoms with van der Waals surface area (Å²) < 4.78 is 14.3. The minimum absolute atomic E-state index is 0.239. The number of nitrogens with one attached hydrogen (secondary N) is 2. The zero-order valence-corrected chi connectivity index (χ0v) is 4.77. The summed E-state index contributed by atoms with van der Waals surface area (Å²) in [7, 11) is 0. The molecular weight excluding hydrogens is 132 g/mol. The van der Waals surface area contributed by atoms with E-state index in [0.29, 0.717) is 0 Å². The van der Waals surface area contributed by atoms with Crippen LogP contribution in [0.5, 0.6) is 0 Å². The van der Waals surface area contributed by atoms with Crippen molar-refractivity contribution in [2.24, 2.45) is 11.0 Å². The van der Waals surface area contributed by atoms with Gasteiger partial charge in [-0.1, -0.05) is 0 Å². The monoisotopic (exact) mass is 138 g/mol. The molecule has 0 saturated carbocycles. The largest absolute Gasteiger partial charge is 0.258 e. The van der Waals surface area contributed by atoms with E-state index >= 15 is 0 Å². The highest BCUT2D eigenvalue weighted by Crippen LogP contribution is 1.76. The fourth-order valence-corrected chi connectivity index (χ4v) is 0.325. The van der Waals surface area contributed by atoms with Crippen molar-refractivity contribution in [1.82, 2.24) is 4.83 Å². The van der Waals surface area contributed by atoms with Crippen LogP contribution < -0.4 is 10.7 Å². The minimum atomic E-state index is -1.71. The summed E-state index contributed by atoms with van der Waals surface area (Å²) in [5, 5.41) is 2.76. The molecule has 0 bridgehead atoms. The van der Waals surface area contributed by atoms with Crippen molar-refractivity contribution in [3.63, 3.8) is 0 Å². The van der Waals surface area contributed by atoms with E-state index in [2.05, 4.69) is 15.1 Å². The Morgan fingerprint density at radius 2 is 2.62 bits per heavy atom. The number of nitrogens with zero attached hydrogens (tertiary/aromatic N) is 1. The average Bonchev–Trinajstić information content (AvgIpc) is 1.83. The van der Waals surface area contributed by atoms with Gasteiger partial charge in [-0.25, -0.2) is 9.74 Å². The van der Waals surface area contributed by atoms with Gasteiger partial charge in [-0.15, -0.1) is 0 Å². The van der Waals surface area contributed by atoms with Crippen molar-refractivity contribution in [2.75, 3.05) is 6.73 Å². The van der Waals surface area contributed by atoms with Crippen LogP contribution in [0.4, 0.5) is 0 Å². The molecule has 0 aromatic carbocycles. The second-order valence-electron chi connectivity index (χ2n) is 0.758. The van der Waals surface area contributed by atoms with Crippen molar-refractivity contribution in [3.8, 4) is 0 Å². The normalized spacial score (nSPS) is 13.1. The molecule has 48 valence electrons. The lowest BCUT2D eigenvalue weighted by molar-refractivity contribution is 0.344. The van der Waals surface area contributed by atoms with Gasteiger partial charge in [-0.3, -0.25) is 10.0 Å². The molecule has 0 fully saturated rings. The van der Waals surface area contributed by atoms with Crippen molar-refractivity contribution < 1.29 is 8.39 Å². The van der Waals surface area contributed by atoms with Crippen LogP contribution in [0.2, 0.25) is 0 Å². The van der Waals surface area contributed by atoms with Gasteiger partial charge >= 0.3 is 0 Å². The Morgan fingerprint density at radius 3 is 3.00 bits per heavy atom. The molecule has 7 heteroatoms. The lowest BCUT2D eigenvalue weighted by Gasteiger charge is -1.92. The van der Waals surface area contributed by atoms with Crippen molar-refractivity contribution in [3.05, 3.63) is 0 Å². The topological polar surface area (TPSA) is 101 Å². The van der Waals surface area contributed by atoms with Crippen molar-refractivity contribution in [2.45, 2.75) is 0 Å². The van der Waals surface area contributed by atoms with E-state index in [0.717, 1.165) is 0 Å². The van der Waals surface area contributed by atoms with Gasteiger partial charge in [0.25, 0.3) is 0 Å². The maximum absolute atomic E-state index is 10.1. The zero-order chi connectivity index (χ0) is 6.41. The van der Waals surface area contributed by atoms with Crippen LogP contribution in [0.1, 0.15) is 0 Å². The first kappa shape index (κ1) is 7.63. The van der Waals surface area contributed by atoms with Crippen molar-refractivity contribution in [1.29, 1.82) is 5.53 Å². The summed E-state index contributed by atoms with van der Waals surface area (Å²) in [4.78, 5) is 1.81. The summed E-state index contributed by atoms with van der Waals surface area (Å²) in [6.45, 7) is -0.239. The molecule has 8 heavy (non-hydrogen) atoms. The predicted octanol–water partition coefficient (Wildman–Crippen LogP) is -0.967. The first-order valence-corrected chi connectivity index (χ1v) is 2.73. The van der Waals surface area contributed by atoms with Crippen LogP contribution in [0, 0.1) is 5.53 Å². The average molecular weight is 138 g/mol. The summed E-state index contributed by atoms with van der Waals surface area (Å²) in [6, 6.07) is 0. The Bertz CT molecular complexity index is 94.0. The number of hydrogen-bond donors (Lipinski definition) is 3. The minimum Gasteiger partial charge on any atom is -0.258 e. The van der Waals surface area contributed by atoms with Gasteiger partial charge in [0, 0.05) is 0 Å². The van der Waals surface area contributed by atoms with E-state index in [1.165, 1.54) is 0 Å². The van der Waals surface area contributed by atoms with Crippen LogP contribution in [0.25, 0.3) is 0 Å². The van der Waals surface area contributed by atoms with E-state index in [4.69, 9.17) is 5.53 Å². The third-order valence-electron chi connectivity index (χ3n) is 0.321. The van der Waals surface area contributed by atoms with Crippen LogP contribution in [0.3, 0.4) is 0 Å². The van der Waals surface area contributed by atoms with Crippen LogP contribution in [-0.4, -0.2) is 10.9 Å². The number of nitrogens with two attached hydrogens (primary N) is 1. The maximum Gasteiger partial charge on any atom is 0.250 e. The molecule has 0 amide bonds.